The highest BCUT2D eigenvalue weighted by atomic mass is 35.5. The van der Waals surface area contributed by atoms with E-state index < -0.39 is 0 Å². The Kier molecular flexibility index (Phi) is 3.28. The molecule has 4 rings (SSSR count). The monoisotopic (exact) mass is 304 g/mol. The zero-order chi connectivity index (χ0) is 15.1. The molecule has 0 radical (unpaired) electrons. The summed E-state index contributed by atoms with van der Waals surface area (Å²) in [4.78, 5) is 0. The van der Waals surface area contributed by atoms with Gasteiger partial charge in [0.1, 0.15) is 0 Å². The second-order valence-corrected chi connectivity index (χ2v) is 6.60. The first-order chi connectivity index (χ1) is 10.7. The molecule has 0 fully saturated rings. The van der Waals surface area contributed by atoms with Gasteiger partial charge in [0.15, 0.2) is 0 Å². The maximum absolute atomic E-state index is 6.13. The first kappa shape index (κ1) is 13.6. The molecule has 0 saturated heterocycles. The van der Waals surface area contributed by atoms with Crippen molar-refractivity contribution < 1.29 is 0 Å². The van der Waals surface area contributed by atoms with Crippen LogP contribution in [-0.4, -0.2) is 0 Å². The van der Waals surface area contributed by atoms with E-state index in [-0.39, 0.29) is 5.38 Å². The first-order valence-corrected chi connectivity index (χ1v) is 8.11. The second-order valence-electron chi connectivity index (χ2n) is 5.94. The van der Waals surface area contributed by atoms with E-state index in [2.05, 4.69) is 66.7 Å². The lowest BCUT2D eigenvalue weighted by molar-refractivity contribution is 1.08. The van der Waals surface area contributed by atoms with Crippen molar-refractivity contribution in [3.05, 3.63) is 83.4 Å². The molecule has 0 aliphatic heterocycles. The van der Waals surface area contributed by atoms with E-state index in [1.54, 1.807) is 0 Å². The van der Waals surface area contributed by atoms with Gasteiger partial charge in [0.2, 0.25) is 0 Å². The zero-order valence-electron chi connectivity index (χ0n) is 12.5. The summed E-state index contributed by atoms with van der Waals surface area (Å²) in [5.41, 5.74) is 9.31. The lowest BCUT2D eigenvalue weighted by atomic mass is 9.98. The van der Waals surface area contributed by atoms with Crippen LogP contribution in [0.3, 0.4) is 0 Å². The molecule has 0 amide bonds. The van der Waals surface area contributed by atoms with Gasteiger partial charge in [-0.2, -0.15) is 0 Å². The van der Waals surface area contributed by atoms with Crippen molar-refractivity contribution in [3.63, 3.8) is 0 Å². The largest absolute Gasteiger partial charge is 0.118 e. The Balaban J connectivity index is 1.72. The first-order valence-electron chi connectivity index (χ1n) is 7.68. The Morgan fingerprint density at radius 1 is 0.773 bits per heavy atom. The normalized spacial score (nSPS) is 13.5. The molecule has 1 aliphatic carbocycles. The van der Waals surface area contributed by atoms with E-state index in [1.165, 1.54) is 38.9 Å². The topological polar surface area (TPSA) is 0 Å². The third-order valence-corrected chi connectivity index (χ3v) is 4.75. The fraction of sp³-hybridized carbons (Fsp3) is 0.143. The summed E-state index contributed by atoms with van der Waals surface area (Å²) in [5, 5.41) is 0.0589. The van der Waals surface area contributed by atoms with Crippen LogP contribution >= 0.6 is 11.6 Å². The predicted molar refractivity (Wildman–Crippen MR) is 94.4 cm³/mol. The average molecular weight is 305 g/mol. The van der Waals surface area contributed by atoms with Crippen molar-refractivity contribution in [3.8, 4) is 22.3 Å². The third-order valence-electron chi connectivity index (χ3n) is 4.50. The van der Waals surface area contributed by atoms with Crippen molar-refractivity contribution >= 4 is 11.6 Å². The smallest absolute Gasteiger partial charge is 0.0557 e. The van der Waals surface area contributed by atoms with Gasteiger partial charge in [-0.05, 0) is 52.3 Å². The number of halogens is 1. The van der Waals surface area contributed by atoms with Crippen molar-refractivity contribution in [2.75, 3.05) is 0 Å². The summed E-state index contributed by atoms with van der Waals surface area (Å²) < 4.78 is 0. The molecular formula is C21H17Cl. The summed E-state index contributed by atoms with van der Waals surface area (Å²) >= 11 is 6.13. The molecule has 3 aromatic carbocycles. The van der Waals surface area contributed by atoms with Crippen LogP contribution in [-0.2, 0) is 6.42 Å². The highest BCUT2D eigenvalue weighted by Gasteiger charge is 2.18. The minimum absolute atomic E-state index is 0.0589. The molecule has 0 bridgehead atoms. The number of fused-ring (bicyclic) bond motifs is 3. The van der Waals surface area contributed by atoms with Gasteiger partial charge in [-0.25, -0.2) is 0 Å². The Hall–Kier alpha value is -2.05. The van der Waals surface area contributed by atoms with E-state index in [4.69, 9.17) is 11.6 Å². The summed E-state index contributed by atoms with van der Waals surface area (Å²) in [6.07, 6.45) is 1.04. The molecule has 22 heavy (non-hydrogen) atoms. The molecule has 3 aromatic rings. The maximum Gasteiger partial charge on any atom is 0.0557 e. The number of benzene rings is 3. The van der Waals surface area contributed by atoms with E-state index in [9.17, 15) is 0 Å². The maximum atomic E-state index is 6.13. The molecule has 0 heterocycles. The molecular weight excluding hydrogens is 288 g/mol. The predicted octanol–water partition coefficient (Wildman–Crippen LogP) is 6.22. The molecule has 108 valence electrons. The quantitative estimate of drug-likeness (QED) is 0.385. The molecule has 0 nitrogen and oxygen atoms in total. The zero-order valence-corrected chi connectivity index (χ0v) is 13.3. The van der Waals surface area contributed by atoms with E-state index in [1.807, 2.05) is 6.92 Å². The van der Waals surface area contributed by atoms with Crippen LogP contribution in [0.4, 0.5) is 0 Å². The Labute approximate surface area is 136 Å². The molecule has 1 unspecified atom stereocenters. The number of rotatable bonds is 2. The Morgan fingerprint density at radius 3 is 2.23 bits per heavy atom. The fourth-order valence-electron chi connectivity index (χ4n) is 3.27. The molecule has 1 aliphatic rings. The second kappa shape index (κ2) is 5.30. The average Bonchev–Trinajstić information content (AvgIpc) is 2.92. The van der Waals surface area contributed by atoms with Gasteiger partial charge in [0.05, 0.1) is 5.38 Å². The standard InChI is InChI=1S/C21H17Cl/c1-14(22)15-6-8-16(9-7-15)17-10-11-21-19(12-17)13-18-4-2-3-5-20(18)21/h2-12,14H,13H2,1H3. The van der Waals surface area contributed by atoms with Gasteiger partial charge in [0.25, 0.3) is 0 Å². The lowest BCUT2D eigenvalue weighted by Gasteiger charge is -2.08. The molecule has 0 N–H and O–H groups in total. The van der Waals surface area contributed by atoms with Crippen LogP contribution in [0.1, 0.15) is 29.0 Å². The van der Waals surface area contributed by atoms with Crippen LogP contribution in [0.2, 0.25) is 0 Å². The molecule has 0 spiro atoms. The van der Waals surface area contributed by atoms with Gasteiger partial charge in [0, 0.05) is 0 Å². The number of hydrogen-bond acceptors (Lipinski definition) is 0. The Bertz CT molecular complexity index is 829. The van der Waals surface area contributed by atoms with Crippen molar-refractivity contribution in [1.29, 1.82) is 0 Å². The number of hydrogen-bond donors (Lipinski definition) is 0. The van der Waals surface area contributed by atoms with Gasteiger partial charge in [-0.1, -0.05) is 66.7 Å². The van der Waals surface area contributed by atoms with Crippen molar-refractivity contribution in [1.82, 2.24) is 0 Å². The van der Waals surface area contributed by atoms with Crippen LogP contribution in [0.5, 0.6) is 0 Å². The van der Waals surface area contributed by atoms with Crippen LogP contribution in [0, 0.1) is 0 Å². The van der Waals surface area contributed by atoms with Crippen LogP contribution in [0.25, 0.3) is 22.3 Å². The van der Waals surface area contributed by atoms with Crippen LogP contribution in [0.15, 0.2) is 66.7 Å². The van der Waals surface area contributed by atoms with Gasteiger partial charge in [-0.15, -0.1) is 11.6 Å². The lowest BCUT2D eigenvalue weighted by Crippen LogP contribution is -1.86. The van der Waals surface area contributed by atoms with E-state index in [0.29, 0.717) is 0 Å². The minimum Gasteiger partial charge on any atom is -0.118 e. The van der Waals surface area contributed by atoms with Crippen molar-refractivity contribution in [2.24, 2.45) is 0 Å². The SMILES string of the molecule is CC(Cl)c1ccc(-c2ccc3c(c2)Cc2ccccc2-3)cc1. The van der Waals surface area contributed by atoms with E-state index in [0.717, 1.165) is 6.42 Å². The number of alkyl halides is 1. The highest BCUT2D eigenvalue weighted by Crippen LogP contribution is 2.38. The van der Waals surface area contributed by atoms with Gasteiger partial charge < -0.3 is 0 Å². The Morgan fingerprint density at radius 2 is 1.45 bits per heavy atom. The minimum atomic E-state index is 0.0589. The van der Waals surface area contributed by atoms with Gasteiger partial charge in [-0.3, -0.25) is 0 Å². The molecule has 1 heteroatoms. The summed E-state index contributed by atoms with van der Waals surface area (Å²) in [5.74, 6) is 0. The van der Waals surface area contributed by atoms with Gasteiger partial charge >= 0.3 is 0 Å². The van der Waals surface area contributed by atoms with Crippen LogP contribution < -0.4 is 0 Å². The molecule has 1 atom stereocenters. The summed E-state index contributed by atoms with van der Waals surface area (Å²) in [6, 6.07) is 24.1. The molecule has 0 saturated carbocycles. The fourth-order valence-corrected chi connectivity index (χ4v) is 3.41. The van der Waals surface area contributed by atoms with Crippen molar-refractivity contribution in [2.45, 2.75) is 18.7 Å². The highest BCUT2D eigenvalue weighted by molar-refractivity contribution is 6.20. The third kappa shape index (κ3) is 2.24. The molecule has 0 aromatic heterocycles. The summed E-state index contributed by atoms with van der Waals surface area (Å²) in [6.45, 7) is 2.00. The van der Waals surface area contributed by atoms with E-state index >= 15 is 0 Å². The summed E-state index contributed by atoms with van der Waals surface area (Å²) in [7, 11) is 0.